The van der Waals surface area contributed by atoms with Gasteiger partial charge in [-0.15, -0.1) is 9.24 Å². The molecule has 0 heterocycles. The Balaban J connectivity index is 3.15. The van der Waals surface area contributed by atoms with Crippen LogP contribution in [0.3, 0.4) is 0 Å². The van der Waals surface area contributed by atoms with Crippen LogP contribution in [-0.2, 0) is 0 Å². The fraction of sp³-hybridized carbons (Fsp3) is 1.00. The van der Waals surface area contributed by atoms with Gasteiger partial charge in [-0.25, -0.2) is 0 Å². The maximum absolute atomic E-state index is 5.58. The van der Waals surface area contributed by atoms with Crippen LogP contribution in [0.1, 0.15) is 13.3 Å². The highest BCUT2D eigenvalue weighted by molar-refractivity contribution is 7.17. The molecule has 0 amide bonds. The molecule has 0 rings (SSSR count). The largest absolute Gasteiger partial charge is 0.328 e. The first-order valence-corrected chi connectivity index (χ1v) is 3.99. The number of hydrogen-bond donors (Lipinski definition) is 2. The summed E-state index contributed by atoms with van der Waals surface area (Å²) in [5.74, 6) is 0. The Morgan fingerprint density at radius 3 is 2.56 bits per heavy atom. The van der Waals surface area contributed by atoms with Gasteiger partial charge in [0.25, 0.3) is 0 Å². The Morgan fingerprint density at radius 1 is 1.67 bits per heavy atom. The number of hydrogen-bond acceptors (Lipinski definition) is 2. The molecule has 9 heavy (non-hydrogen) atoms. The van der Waals surface area contributed by atoms with Crippen molar-refractivity contribution in [3.05, 3.63) is 0 Å². The number of nitrogens with one attached hydrogen (secondary N) is 1. The lowest BCUT2D eigenvalue weighted by molar-refractivity contribution is 0.614. The first kappa shape index (κ1) is 9.35. The first-order chi connectivity index (χ1) is 4.16. The van der Waals surface area contributed by atoms with Gasteiger partial charge in [0, 0.05) is 12.6 Å². The van der Waals surface area contributed by atoms with E-state index < -0.39 is 0 Å². The van der Waals surface area contributed by atoms with Crippen molar-refractivity contribution in [1.29, 1.82) is 0 Å². The molecule has 0 saturated carbocycles. The molecule has 0 radical (unpaired) electrons. The van der Waals surface area contributed by atoms with Crippen LogP contribution in [-0.4, -0.2) is 25.3 Å². The third-order valence-electron chi connectivity index (χ3n) is 1.14. The third kappa shape index (κ3) is 6.23. The molecule has 0 aliphatic rings. The molecule has 0 aromatic heterocycles. The van der Waals surface area contributed by atoms with Crippen LogP contribution in [0.4, 0.5) is 0 Å². The van der Waals surface area contributed by atoms with Crippen LogP contribution >= 0.6 is 9.24 Å². The smallest absolute Gasteiger partial charge is 0.00167 e. The molecule has 3 N–H and O–H groups in total. The second-order valence-corrected chi connectivity index (χ2v) is 3.47. The molecule has 0 aliphatic carbocycles. The van der Waals surface area contributed by atoms with Crippen LogP contribution in [0.15, 0.2) is 0 Å². The highest BCUT2D eigenvalue weighted by atomic mass is 31.0. The maximum atomic E-state index is 5.58. The van der Waals surface area contributed by atoms with Crippen molar-refractivity contribution in [2.45, 2.75) is 25.0 Å². The molecule has 3 atom stereocenters. The molecule has 0 spiro atoms. The van der Waals surface area contributed by atoms with E-state index in [9.17, 15) is 0 Å². The second-order valence-electron chi connectivity index (χ2n) is 2.53. The summed E-state index contributed by atoms with van der Waals surface area (Å²) in [6.07, 6.45) is 1.07. The summed E-state index contributed by atoms with van der Waals surface area (Å²) in [6, 6.07) is 0.320. The lowest BCUT2D eigenvalue weighted by atomic mass is 10.2. The minimum absolute atomic E-state index is 0.320. The summed E-state index contributed by atoms with van der Waals surface area (Å²) in [6.45, 7) is 3.07. The molecule has 0 fully saturated rings. The number of rotatable bonds is 4. The van der Waals surface area contributed by atoms with Gasteiger partial charge in [-0.3, -0.25) is 0 Å². The van der Waals surface area contributed by atoms with Crippen molar-refractivity contribution in [2.75, 3.05) is 13.6 Å². The monoisotopic (exact) mass is 148 g/mol. The van der Waals surface area contributed by atoms with E-state index in [2.05, 4.69) is 14.6 Å². The normalized spacial score (nSPS) is 17.3. The highest BCUT2D eigenvalue weighted by Gasteiger charge is 2.02. The molecule has 0 aromatic rings. The fourth-order valence-corrected chi connectivity index (χ4v) is 1.49. The molecule has 1 unspecified atom stereocenters. The quantitative estimate of drug-likeness (QED) is 0.558. The molecular formula is C6H17N2P. The zero-order valence-corrected chi connectivity index (χ0v) is 7.38. The Hall–Kier alpha value is 0.350. The van der Waals surface area contributed by atoms with E-state index in [4.69, 9.17) is 5.73 Å². The second kappa shape index (κ2) is 5.16. The van der Waals surface area contributed by atoms with Crippen molar-refractivity contribution >= 4 is 9.24 Å². The van der Waals surface area contributed by atoms with Crippen molar-refractivity contribution in [3.63, 3.8) is 0 Å². The van der Waals surface area contributed by atoms with Crippen LogP contribution in [0, 0.1) is 0 Å². The highest BCUT2D eigenvalue weighted by Crippen LogP contribution is 2.05. The van der Waals surface area contributed by atoms with E-state index in [0.29, 0.717) is 11.7 Å². The van der Waals surface area contributed by atoms with E-state index in [1.54, 1.807) is 0 Å². The molecular weight excluding hydrogens is 131 g/mol. The molecule has 0 bridgehead atoms. The predicted molar refractivity (Wildman–Crippen MR) is 45.7 cm³/mol. The van der Waals surface area contributed by atoms with Crippen molar-refractivity contribution < 1.29 is 0 Å². The van der Waals surface area contributed by atoms with Crippen LogP contribution in [0.25, 0.3) is 0 Å². The van der Waals surface area contributed by atoms with E-state index in [1.165, 1.54) is 0 Å². The summed E-state index contributed by atoms with van der Waals surface area (Å²) >= 11 is 0. The molecule has 56 valence electrons. The van der Waals surface area contributed by atoms with Gasteiger partial charge in [-0.1, -0.05) is 0 Å². The standard InChI is InChI=1S/C6H17N2P/c1-5(7)3-6(9)4-8-2/h5-6,8H,3-4,7,9H2,1-2H3/t5-,6-/m0/s1. The summed E-state index contributed by atoms with van der Waals surface area (Å²) in [4.78, 5) is 0. The molecule has 3 heteroatoms. The lowest BCUT2D eigenvalue weighted by Gasteiger charge is -2.12. The Morgan fingerprint density at radius 2 is 2.22 bits per heavy atom. The van der Waals surface area contributed by atoms with Crippen molar-refractivity contribution in [2.24, 2.45) is 5.73 Å². The average Bonchev–Trinajstić information content (AvgIpc) is 1.63. The first-order valence-electron chi connectivity index (χ1n) is 3.32. The summed E-state index contributed by atoms with van der Waals surface area (Å²) in [5, 5.41) is 3.10. The van der Waals surface area contributed by atoms with Gasteiger partial charge in [-0.2, -0.15) is 0 Å². The van der Waals surface area contributed by atoms with Gasteiger partial charge >= 0.3 is 0 Å². The van der Waals surface area contributed by atoms with Crippen LogP contribution < -0.4 is 11.1 Å². The Kier molecular flexibility index (Phi) is 5.36. The van der Waals surface area contributed by atoms with Crippen LogP contribution in [0.2, 0.25) is 0 Å². The lowest BCUT2D eigenvalue weighted by Crippen LogP contribution is -2.26. The maximum Gasteiger partial charge on any atom is 0.00167 e. The van der Waals surface area contributed by atoms with Gasteiger partial charge < -0.3 is 11.1 Å². The average molecular weight is 148 g/mol. The van der Waals surface area contributed by atoms with E-state index in [-0.39, 0.29) is 0 Å². The van der Waals surface area contributed by atoms with E-state index in [1.807, 2.05) is 14.0 Å². The summed E-state index contributed by atoms with van der Waals surface area (Å²) in [5.41, 5.74) is 6.20. The fourth-order valence-electron chi connectivity index (χ4n) is 0.823. The zero-order chi connectivity index (χ0) is 7.28. The van der Waals surface area contributed by atoms with E-state index >= 15 is 0 Å². The van der Waals surface area contributed by atoms with Crippen molar-refractivity contribution in [1.82, 2.24) is 5.32 Å². The Bertz CT molecular complexity index is 66.1. The van der Waals surface area contributed by atoms with Gasteiger partial charge in [0.2, 0.25) is 0 Å². The van der Waals surface area contributed by atoms with Gasteiger partial charge in [0.05, 0.1) is 0 Å². The minimum Gasteiger partial charge on any atom is -0.328 e. The number of nitrogens with two attached hydrogens (primary N) is 1. The molecule has 0 aliphatic heterocycles. The van der Waals surface area contributed by atoms with Gasteiger partial charge in [0.15, 0.2) is 0 Å². The molecule has 0 aromatic carbocycles. The Labute approximate surface area is 59.8 Å². The molecule has 0 saturated heterocycles. The third-order valence-corrected chi connectivity index (χ3v) is 1.65. The summed E-state index contributed by atoms with van der Waals surface area (Å²) < 4.78 is 0. The SMILES string of the molecule is CNC[C@@H](P)C[C@H](C)N. The topological polar surface area (TPSA) is 38.0 Å². The van der Waals surface area contributed by atoms with E-state index in [0.717, 1.165) is 13.0 Å². The van der Waals surface area contributed by atoms with Crippen molar-refractivity contribution in [3.8, 4) is 0 Å². The predicted octanol–water partition coefficient (Wildman–Crippen LogP) is 0.187. The summed E-state index contributed by atoms with van der Waals surface area (Å²) in [7, 11) is 4.74. The minimum atomic E-state index is 0.320. The zero-order valence-electron chi connectivity index (χ0n) is 6.22. The molecule has 2 nitrogen and oxygen atoms in total. The van der Waals surface area contributed by atoms with Crippen LogP contribution in [0.5, 0.6) is 0 Å². The van der Waals surface area contributed by atoms with Gasteiger partial charge in [0.1, 0.15) is 0 Å². The van der Waals surface area contributed by atoms with Gasteiger partial charge in [-0.05, 0) is 26.1 Å².